The number of carboxylic acids is 1. The molecule has 218 valence electrons. The molecule has 0 bridgehead atoms. The number of carbonyl (C=O) groups is 1. The highest BCUT2D eigenvalue weighted by molar-refractivity contribution is 7.80. The van der Waals surface area contributed by atoms with Crippen LogP contribution in [0, 0.1) is 0 Å². The van der Waals surface area contributed by atoms with Crippen LogP contribution in [0.3, 0.4) is 0 Å². The Kier molecular flexibility index (Phi) is 9.02. The zero-order chi connectivity index (χ0) is 29.8. The molecule has 1 unspecified atom stereocenters. The molecule has 1 heterocycles. The van der Waals surface area contributed by atoms with Gasteiger partial charge < -0.3 is 20.6 Å². The molecule has 0 aromatic heterocycles. The predicted molar refractivity (Wildman–Crippen MR) is 142 cm³/mol. The number of nitrogens with zero attached hydrogens (tertiary/aromatic N) is 2. The van der Waals surface area contributed by atoms with Crippen molar-refractivity contribution in [2.24, 2.45) is 4.99 Å². The number of carboxylic acid groups (broad SMARTS) is 1. The monoisotopic (exact) mass is 598 g/mol. The van der Waals surface area contributed by atoms with Crippen LogP contribution >= 0.6 is 12.6 Å². The topological polar surface area (TPSA) is 86.2 Å². The van der Waals surface area contributed by atoms with E-state index in [0.717, 1.165) is 6.07 Å². The molecule has 0 saturated heterocycles. The average Bonchev–Trinajstić information content (AvgIpc) is 2.90. The number of aliphatic imine (C=N–C) groups is 1. The lowest BCUT2D eigenvalue weighted by atomic mass is 10.0. The maximum absolute atomic E-state index is 13.8. The van der Waals surface area contributed by atoms with Gasteiger partial charge in [0.25, 0.3) is 0 Å². The summed E-state index contributed by atoms with van der Waals surface area (Å²) in [5.41, 5.74) is 0.422. The number of benzene rings is 2. The quantitative estimate of drug-likeness (QED) is 0.116. The van der Waals surface area contributed by atoms with Gasteiger partial charge in [-0.3, -0.25) is 0 Å². The molecular formula is C27H24F6N4O3S. The van der Waals surface area contributed by atoms with Gasteiger partial charge in [-0.1, -0.05) is 36.4 Å². The third kappa shape index (κ3) is 7.64. The summed E-state index contributed by atoms with van der Waals surface area (Å²) in [6, 6.07) is 7.81. The van der Waals surface area contributed by atoms with Gasteiger partial charge in [0.2, 0.25) is 11.6 Å². The molecule has 1 aliphatic heterocycles. The minimum absolute atomic E-state index is 0.0456. The zero-order valence-corrected chi connectivity index (χ0v) is 22.0. The number of halogens is 6. The Morgan fingerprint density at radius 2 is 1.85 bits per heavy atom. The molecule has 0 saturated carbocycles. The van der Waals surface area contributed by atoms with Crippen LogP contribution in [0.15, 0.2) is 88.2 Å². The second-order valence-electron chi connectivity index (χ2n) is 9.01. The van der Waals surface area contributed by atoms with Gasteiger partial charge in [-0.15, -0.1) is 12.6 Å². The number of anilines is 1. The molecule has 14 heteroatoms. The highest BCUT2D eigenvalue weighted by Crippen LogP contribution is 2.38. The predicted octanol–water partition coefficient (Wildman–Crippen LogP) is 6.04. The lowest BCUT2D eigenvalue weighted by Gasteiger charge is -2.28. The van der Waals surface area contributed by atoms with Crippen LogP contribution in [0.4, 0.5) is 32.0 Å². The zero-order valence-electron chi connectivity index (χ0n) is 21.1. The number of thiol groups is 1. The summed E-state index contributed by atoms with van der Waals surface area (Å²) in [4.78, 5) is 16.3. The van der Waals surface area contributed by atoms with E-state index in [1.807, 2.05) is 0 Å². The molecule has 1 atom stereocenters. The summed E-state index contributed by atoms with van der Waals surface area (Å²) >= 11 is 4.34. The molecule has 2 aliphatic rings. The SMILES string of the molecule is O=C(O)C1=C(OCCCN(Cc2ccc(C(F)(F)F)cc2C(F)(F)F)Nc2ccccc2S)NC2C=CC=CC2=N1. The van der Waals surface area contributed by atoms with E-state index >= 15 is 0 Å². The Labute approximate surface area is 236 Å². The maximum atomic E-state index is 13.8. The lowest BCUT2D eigenvalue weighted by Crippen LogP contribution is -2.40. The van der Waals surface area contributed by atoms with Gasteiger partial charge in [-0.2, -0.15) is 26.3 Å². The van der Waals surface area contributed by atoms with Crippen LogP contribution in [0.1, 0.15) is 23.1 Å². The average molecular weight is 599 g/mol. The maximum Gasteiger partial charge on any atom is 0.416 e. The van der Waals surface area contributed by atoms with Gasteiger partial charge in [0, 0.05) is 18.0 Å². The van der Waals surface area contributed by atoms with E-state index in [0.29, 0.717) is 22.4 Å². The Morgan fingerprint density at radius 3 is 2.54 bits per heavy atom. The summed E-state index contributed by atoms with van der Waals surface area (Å²) in [6.45, 7) is -0.393. The number of ether oxygens (including phenoxy) is 1. The largest absolute Gasteiger partial charge is 0.477 e. The molecule has 1 aliphatic carbocycles. The van der Waals surface area contributed by atoms with E-state index in [-0.39, 0.29) is 48.8 Å². The molecule has 4 rings (SSSR count). The Bertz CT molecular complexity index is 1420. The standard InChI is InChI=1S/C27H24F6N4O3S/c28-26(29,30)17-11-10-16(18(14-17)27(31,32)33)15-37(36-21-8-3-4-9-22(21)41)12-5-13-40-24-23(25(38)39)34-19-6-1-2-7-20(19)35-24/h1-4,6-11,14,20,35-36,41H,5,12-13,15H2,(H,38,39). The van der Waals surface area contributed by atoms with Gasteiger partial charge in [0.1, 0.15) is 0 Å². The van der Waals surface area contributed by atoms with Crippen LogP contribution in [-0.4, -0.2) is 41.0 Å². The summed E-state index contributed by atoms with van der Waals surface area (Å²) in [5.74, 6) is -1.37. The first kappa shape index (κ1) is 30.1. The number of aliphatic carboxylic acids is 1. The molecule has 7 nitrogen and oxygen atoms in total. The number of fused-ring (bicyclic) bond motifs is 1. The minimum atomic E-state index is -5.03. The normalized spacial score (nSPS) is 16.8. The number of rotatable bonds is 10. The first-order valence-electron chi connectivity index (χ1n) is 12.2. The van der Waals surface area contributed by atoms with Crippen LogP contribution < -0.4 is 10.7 Å². The van der Waals surface area contributed by atoms with Crippen molar-refractivity contribution in [3.05, 3.63) is 95.0 Å². The van der Waals surface area contributed by atoms with Crippen molar-refractivity contribution in [3.63, 3.8) is 0 Å². The number of hydrazine groups is 1. The Morgan fingerprint density at radius 1 is 1.10 bits per heavy atom. The van der Waals surface area contributed by atoms with E-state index in [9.17, 15) is 36.2 Å². The van der Waals surface area contributed by atoms with Crippen molar-refractivity contribution < 1.29 is 41.0 Å². The van der Waals surface area contributed by atoms with Gasteiger partial charge >= 0.3 is 18.3 Å². The van der Waals surface area contributed by atoms with Crippen LogP contribution in [0.5, 0.6) is 0 Å². The highest BCUT2D eigenvalue weighted by Gasteiger charge is 2.38. The number of hydrogen-bond acceptors (Lipinski definition) is 7. The van der Waals surface area contributed by atoms with Crippen molar-refractivity contribution in [3.8, 4) is 0 Å². The molecule has 2 aromatic rings. The van der Waals surface area contributed by atoms with Gasteiger partial charge in [0.05, 0.1) is 35.2 Å². The first-order valence-corrected chi connectivity index (χ1v) is 12.6. The van der Waals surface area contributed by atoms with E-state index < -0.39 is 36.0 Å². The van der Waals surface area contributed by atoms with Crippen molar-refractivity contribution in [2.75, 3.05) is 18.6 Å². The fourth-order valence-corrected chi connectivity index (χ4v) is 4.32. The number of hydrogen-bond donors (Lipinski definition) is 4. The van der Waals surface area contributed by atoms with Crippen molar-refractivity contribution in [2.45, 2.75) is 36.3 Å². The minimum Gasteiger partial charge on any atom is -0.477 e. The fourth-order valence-electron chi connectivity index (χ4n) is 4.11. The van der Waals surface area contributed by atoms with Gasteiger partial charge in [-0.25, -0.2) is 14.8 Å². The second kappa shape index (κ2) is 12.3. The summed E-state index contributed by atoms with van der Waals surface area (Å²) < 4.78 is 86.4. The van der Waals surface area contributed by atoms with Crippen LogP contribution in [-0.2, 0) is 28.4 Å². The van der Waals surface area contributed by atoms with Gasteiger partial charge in [-0.05, 0) is 42.3 Å². The van der Waals surface area contributed by atoms with Crippen molar-refractivity contribution >= 4 is 30.0 Å². The van der Waals surface area contributed by atoms with Gasteiger partial charge in [0.15, 0.2) is 0 Å². The third-order valence-electron chi connectivity index (χ3n) is 6.05. The molecule has 0 spiro atoms. The third-order valence-corrected chi connectivity index (χ3v) is 6.44. The van der Waals surface area contributed by atoms with Crippen molar-refractivity contribution in [1.82, 2.24) is 10.3 Å². The highest BCUT2D eigenvalue weighted by atomic mass is 32.1. The van der Waals surface area contributed by atoms with E-state index in [1.54, 1.807) is 48.6 Å². The Balaban J connectivity index is 1.52. The Hall–Kier alpha value is -3.91. The molecule has 2 aromatic carbocycles. The number of alkyl halides is 6. The van der Waals surface area contributed by atoms with Crippen LogP contribution in [0.25, 0.3) is 0 Å². The summed E-state index contributed by atoms with van der Waals surface area (Å²) in [7, 11) is 0. The molecule has 0 amide bonds. The summed E-state index contributed by atoms with van der Waals surface area (Å²) in [5, 5.41) is 13.9. The number of nitrogens with one attached hydrogen (secondary N) is 2. The number of allylic oxidation sites excluding steroid dienone is 2. The molecular weight excluding hydrogens is 574 g/mol. The first-order chi connectivity index (χ1) is 19.3. The van der Waals surface area contributed by atoms with E-state index in [4.69, 9.17) is 4.74 Å². The van der Waals surface area contributed by atoms with E-state index in [1.165, 1.54) is 5.01 Å². The second-order valence-corrected chi connectivity index (χ2v) is 9.49. The molecule has 0 radical (unpaired) electrons. The molecule has 41 heavy (non-hydrogen) atoms. The lowest BCUT2D eigenvalue weighted by molar-refractivity contribution is -0.143. The van der Waals surface area contributed by atoms with E-state index in [2.05, 4.69) is 28.4 Å². The molecule has 3 N–H and O–H groups in total. The number of para-hydroxylation sites is 1. The fraction of sp³-hybridized carbons (Fsp3) is 0.259. The van der Waals surface area contributed by atoms with Crippen molar-refractivity contribution in [1.29, 1.82) is 0 Å². The summed E-state index contributed by atoms with van der Waals surface area (Å²) in [6.07, 6.45) is -2.86. The molecule has 0 fully saturated rings. The smallest absolute Gasteiger partial charge is 0.416 e. The van der Waals surface area contributed by atoms with Crippen LogP contribution in [0.2, 0.25) is 0 Å².